The van der Waals surface area contributed by atoms with Crippen LogP contribution in [0.5, 0.6) is 5.75 Å². The van der Waals surface area contributed by atoms with Gasteiger partial charge in [0.25, 0.3) is 5.91 Å². The maximum Gasteiger partial charge on any atom is 0.337 e. The van der Waals surface area contributed by atoms with Gasteiger partial charge in [0, 0.05) is 17.1 Å². The quantitative estimate of drug-likeness (QED) is 0.907. The summed E-state index contributed by atoms with van der Waals surface area (Å²) in [5, 5.41) is 13.3. The number of methoxy groups -OCH3 is 1. The molecule has 0 radical (unpaired) electrons. The Bertz CT molecular complexity index is 668. The van der Waals surface area contributed by atoms with Crippen molar-refractivity contribution in [1.82, 2.24) is 0 Å². The lowest BCUT2D eigenvalue weighted by Crippen LogP contribution is -2.10. The van der Waals surface area contributed by atoms with Crippen molar-refractivity contribution in [3.63, 3.8) is 0 Å². The van der Waals surface area contributed by atoms with Crippen LogP contribution in [-0.2, 0) is 0 Å². The summed E-state index contributed by atoms with van der Waals surface area (Å²) in [5.74, 6) is -0.812. The fraction of sp³-hybridized carbons (Fsp3) is 0.0769. The van der Waals surface area contributed by atoms with Crippen LogP contribution in [-0.4, -0.2) is 24.1 Å². The van der Waals surface area contributed by atoms with Gasteiger partial charge in [0.1, 0.15) is 5.75 Å². The topological polar surface area (TPSA) is 75.6 Å². The van der Waals surface area contributed by atoms with Gasteiger partial charge in [0.2, 0.25) is 0 Å². The van der Waals surface area contributed by atoms with Crippen LogP contribution < -0.4 is 10.1 Å². The van der Waals surface area contributed by atoms with Crippen LogP contribution >= 0.6 is 22.9 Å². The van der Waals surface area contributed by atoms with E-state index in [-0.39, 0.29) is 16.5 Å². The molecule has 0 bridgehead atoms. The molecule has 1 aromatic heterocycles. The Morgan fingerprint density at radius 3 is 2.65 bits per heavy atom. The fourth-order valence-corrected chi connectivity index (χ4v) is 2.51. The SMILES string of the molecule is COc1csc(C(=O)Nc2ccc(C(=O)O)c(Cl)c2)c1. The van der Waals surface area contributed by atoms with Gasteiger partial charge in [0.15, 0.2) is 0 Å². The second-order valence-electron chi connectivity index (χ2n) is 3.80. The molecule has 0 saturated heterocycles. The number of carboxylic acids is 1. The molecular weight excluding hydrogens is 302 g/mol. The smallest absolute Gasteiger partial charge is 0.337 e. The predicted octanol–water partition coefficient (Wildman–Crippen LogP) is 3.36. The molecule has 0 fully saturated rings. The van der Waals surface area contributed by atoms with Gasteiger partial charge in [-0.15, -0.1) is 11.3 Å². The Morgan fingerprint density at radius 2 is 2.10 bits per heavy atom. The summed E-state index contributed by atoms with van der Waals surface area (Å²) in [7, 11) is 1.52. The number of ether oxygens (including phenoxy) is 1. The molecule has 2 aromatic rings. The fourth-order valence-electron chi connectivity index (χ4n) is 1.50. The Morgan fingerprint density at radius 1 is 1.35 bits per heavy atom. The van der Waals surface area contributed by atoms with E-state index in [4.69, 9.17) is 21.4 Å². The Labute approximate surface area is 123 Å². The van der Waals surface area contributed by atoms with Crippen molar-refractivity contribution in [2.24, 2.45) is 0 Å². The first-order valence-electron chi connectivity index (χ1n) is 5.48. The third kappa shape index (κ3) is 3.09. The minimum Gasteiger partial charge on any atom is -0.496 e. The van der Waals surface area contributed by atoms with E-state index in [0.717, 1.165) is 0 Å². The summed E-state index contributed by atoms with van der Waals surface area (Å²) in [6.07, 6.45) is 0. The third-order valence-corrected chi connectivity index (χ3v) is 3.71. The van der Waals surface area contributed by atoms with E-state index in [2.05, 4.69) is 5.32 Å². The number of rotatable bonds is 4. The molecule has 7 heteroatoms. The summed E-state index contributed by atoms with van der Waals surface area (Å²) in [4.78, 5) is 23.3. The molecule has 104 valence electrons. The lowest BCUT2D eigenvalue weighted by atomic mass is 10.2. The molecule has 2 N–H and O–H groups in total. The van der Waals surface area contributed by atoms with Crippen molar-refractivity contribution in [2.45, 2.75) is 0 Å². The second kappa shape index (κ2) is 5.94. The van der Waals surface area contributed by atoms with Crippen molar-refractivity contribution in [3.05, 3.63) is 45.1 Å². The van der Waals surface area contributed by atoms with Crippen LogP contribution in [0.25, 0.3) is 0 Å². The first-order chi connectivity index (χ1) is 9.51. The molecule has 1 amide bonds. The number of aromatic carboxylic acids is 1. The molecule has 0 aliphatic carbocycles. The lowest BCUT2D eigenvalue weighted by molar-refractivity contribution is 0.0697. The molecular formula is C13H10ClNO4S. The Balaban J connectivity index is 2.15. The predicted molar refractivity (Wildman–Crippen MR) is 77.2 cm³/mol. The molecule has 0 spiro atoms. The molecule has 2 rings (SSSR count). The van der Waals surface area contributed by atoms with Gasteiger partial charge in [-0.25, -0.2) is 4.79 Å². The van der Waals surface area contributed by atoms with Crippen LogP contribution in [0.3, 0.4) is 0 Å². The number of carbonyl (C=O) groups excluding carboxylic acids is 1. The van der Waals surface area contributed by atoms with Crippen LogP contribution in [0.4, 0.5) is 5.69 Å². The van der Waals surface area contributed by atoms with Gasteiger partial charge in [-0.05, 0) is 18.2 Å². The number of carbonyl (C=O) groups is 2. The van der Waals surface area contributed by atoms with Crippen molar-refractivity contribution in [1.29, 1.82) is 0 Å². The summed E-state index contributed by atoms with van der Waals surface area (Å²) < 4.78 is 5.00. The molecule has 0 aliphatic heterocycles. The number of benzene rings is 1. The molecule has 0 unspecified atom stereocenters. The highest BCUT2D eigenvalue weighted by Crippen LogP contribution is 2.24. The van der Waals surface area contributed by atoms with E-state index in [1.54, 1.807) is 11.4 Å². The molecule has 5 nitrogen and oxygen atoms in total. The number of amides is 1. The normalized spacial score (nSPS) is 10.1. The van der Waals surface area contributed by atoms with E-state index in [0.29, 0.717) is 16.3 Å². The molecule has 0 aliphatic rings. The molecule has 0 atom stereocenters. The highest BCUT2D eigenvalue weighted by Gasteiger charge is 2.12. The van der Waals surface area contributed by atoms with Crippen LogP contribution in [0, 0.1) is 0 Å². The number of nitrogens with one attached hydrogen (secondary N) is 1. The zero-order valence-corrected chi connectivity index (χ0v) is 11.9. The van der Waals surface area contributed by atoms with Crippen molar-refractivity contribution < 1.29 is 19.4 Å². The average molecular weight is 312 g/mol. The van der Waals surface area contributed by atoms with Crippen molar-refractivity contribution in [2.75, 3.05) is 12.4 Å². The van der Waals surface area contributed by atoms with Gasteiger partial charge in [-0.2, -0.15) is 0 Å². The van der Waals surface area contributed by atoms with Gasteiger partial charge in [-0.3, -0.25) is 4.79 Å². The summed E-state index contributed by atoms with van der Waals surface area (Å²) in [6.45, 7) is 0. The number of halogens is 1. The number of thiophene rings is 1. The molecule has 1 heterocycles. The summed E-state index contributed by atoms with van der Waals surface area (Å²) in [6, 6.07) is 5.84. The molecule has 1 aromatic carbocycles. The lowest BCUT2D eigenvalue weighted by Gasteiger charge is -2.05. The molecule has 20 heavy (non-hydrogen) atoms. The van der Waals surface area contributed by atoms with E-state index >= 15 is 0 Å². The standard InChI is InChI=1S/C13H10ClNO4S/c1-19-8-5-11(20-6-8)12(16)15-7-2-3-9(13(17)18)10(14)4-7/h2-6H,1H3,(H,15,16)(H,17,18). The van der Waals surface area contributed by atoms with Crippen LogP contribution in [0.1, 0.15) is 20.0 Å². The van der Waals surface area contributed by atoms with E-state index in [1.807, 2.05) is 0 Å². The van der Waals surface area contributed by atoms with E-state index in [9.17, 15) is 9.59 Å². The maximum atomic E-state index is 12.0. The van der Waals surface area contributed by atoms with Gasteiger partial charge >= 0.3 is 5.97 Å². The first-order valence-corrected chi connectivity index (χ1v) is 6.73. The van der Waals surface area contributed by atoms with E-state index in [1.165, 1.54) is 36.6 Å². The summed E-state index contributed by atoms with van der Waals surface area (Å²) in [5.41, 5.74) is 0.417. The zero-order valence-electron chi connectivity index (χ0n) is 10.3. The van der Waals surface area contributed by atoms with Gasteiger partial charge in [-0.1, -0.05) is 11.6 Å². The number of anilines is 1. The zero-order chi connectivity index (χ0) is 14.7. The number of carboxylic acid groups (broad SMARTS) is 1. The monoisotopic (exact) mass is 311 g/mol. The van der Waals surface area contributed by atoms with Gasteiger partial charge in [0.05, 0.1) is 22.6 Å². The third-order valence-electron chi connectivity index (χ3n) is 2.49. The van der Waals surface area contributed by atoms with E-state index < -0.39 is 5.97 Å². The molecule has 0 saturated carbocycles. The minimum absolute atomic E-state index is 0.0116. The van der Waals surface area contributed by atoms with Crippen LogP contribution in [0.2, 0.25) is 5.02 Å². The highest BCUT2D eigenvalue weighted by molar-refractivity contribution is 7.12. The van der Waals surface area contributed by atoms with Crippen molar-refractivity contribution in [3.8, 4) is 5.75 Å². The number of hydrogen-bond donors (Lipinski definition) is 2. The minimum atomic E-state index is -1.11. The van der Waals surface area contributed by atoms with Crippen LogP contribution in [0.15, 0.2) is 29.6 Å². The first kappa shape index (κ1) is 14.4. The Kier molecular flexibility index (Phi) is 4.26. The number of hydrogen-bond acceptors (Lipinski definition) is 4. The second-order valence-corrected chi connectivity index (χ2v) is 5.12. The Hall–Kier alpha value is -2.05. The highest BCUT2D eigenvalue weighted by atomic mass is 35.5. The maximum absolute atomic E-state index is 12.0. The largest absolute Gasteiger partial charge is 0.496 e. The summed E-state index contributed by atoms with van der Waals surface area (Å²) >= 11 is 7.08. The average Bonchev–Trinajstić information content (AvgIpc) is 2.87. The van der Waals surface area contributed by atoms with Crippen molar-refractivity contribution >= 4 is 40.5 Å². The van der Waals surface area contributed by atoms with Gasteiger partial charge < -0.3 is 15.2 Å².